The second kappa shape index (κ2) is 6.32. The molecule has 24 heavy (non-hydrogen) atoms. The summed E-state index contributed by atoms with van der Waals surface area (Å²) in [4.78, 5) is 11.2. The summed E-state index contributed by atoms with van der Waals surface area (Å²) in [6.45, 7) is 3.23. The van der Waals surface area contributed by atoms with Crippen LogP contribution in [0.2, 0.25) is 0 Å². The van der Waals surface area contributed by atoms with E-state index in [0.717, 1.165) is 10.4 Å². The third-order valence-corrected chi connectivity index (χ3v) is 5.57. The van der Waals surface area contributed by atoms with Crippen molar-refractivity contribution in [2.45, 2.75) is 31.0 Å². The number of benzene rings is 1. The van der Waals surface area contributed by atoms with Crippen molar-refractivity contribution in [3.05, 3.63) is 29.6 Å². The number of carbonyl (C=O) groups excluding carboxylic acids is 1. The maximum absolute atomic E-state index is 13.4. The predicted octanol–water partition coefficient (Wildman–Crippen LogP) is 1.99. The highest BCUT2D eigenvalue weighted by molar-refractivity contribution is 7.89. The lowest BCUT2D eigenvalue weighted by atomic mass is 10.0. The van der Waals surface area contributed by atoms with Crippen molar-refractivity contribution in [3.63, 3.8) is 0 Å². The van der Waals surface area contributed by atoms with Gasteiger partial charge in [-0.15, -0.1) is 0 Å². The fourth-order valence-electron chi connectivity index (χ4n) is 2.59. The van der Waals surface area contributed by atoms with Gasteiger partial charge in [-0.25, -0.2) is 12.8 Å². The summed E-state index contributed by atoms with van der Waals surface area (Å²) in [6.07, 6.45) is -5.02. The second-order valence-electron chi connectivity index (χ2n) is 5.74. The molecule has 1 aromatic carbocycles. The van der Waals surface area contributed by atoms with Crippen LogP contribution in [0.25, 0.3) is 0 Å². The molecule has 1 saturated heterocycles. The van der Waals surface area contributed by atoms with Gasteiger partial charge in [0.2, 0.25) is 15.9 Å². The number of hydrogen-bond acceptors (Lipinski definition) is 3. The Bertz CT molecular complexity index is 747. The molecule has 1 heterocycles. The lowest BCUT2D eigenvalue weighted by Crippen LogP contribution is -2.59. The number of alkyl halides is 3. The number of piperazine rings is 1. The zero-order valence-corrected chi connectivity index (χ0v) is 13.7. The molecule has 1 N–H and O–H groups in total. The summed E-state index contributed by atoms with van der Waals surface area (Å²) in [5.74, 6) is -2.46. The second-order valence-corrected chi connectivity index (χ2v) is 7.63. The SMILES string of the molecule is CC(C)C1C(=O)NCCN1S(=O)(=O)c1ccc(F)c(C(F)(F)F)c1. The Kier molecular flexibility index (Phi) is 4.91. The number of sulfonamides is 1. The Morgan fingerprint density at radius 3 is 2.46 bits per heavy atom. The standard InChI is InChI=1S/C14H16F4N2O3S/c1-8(2)12-13(21)19-5-6-20(12)24(22,23)9-3-4-11(15)10(7-9)14(16,17)18/h3-4,7-8,12H,5-6H2,1-2H3,(H,19,21). The molecule has 1 aromatic rings. The van der Waals surface area contributed by atoms with E-state index in [1.54, 1.807) is 13.8 Å². The minimum Gasteiger partial charge on any atom is -0.353 e. The number of halogens is 4. The first-order valence-corrected chi connectivity index (χ1v) is 8.56. The topological polar surface area (TPSA) is 66.5 Å². The molecule has 1 atom stereocenters. The van der Waals surface area contributed by atoms with Gasteiger partial charge in [0.1, 0.15) is 11.9 Å². The van der Waals surface area contributed by atoms with Crippen molar-refractivity contribution >= 4 is 15.9 Å². The first kappa shape index (κ1) is 18.7. The Hall–Kier alpha value is -1.68. The molecule has 0 radical (unpaired) electrons. The molecule has 1 amide bonds. The van der Waals surface area contributed by atoms with Crippen LogP contribution in [0.3, 0.4) is 0 Å². The monoisotopic (exact) mass is 368 g/mol. The first-order chi connectivity index (χ1) is 11.0. The van der Waals surface area contributed by atoms with Gasteiger partial charge < -0.3 is 5.32 Å². The summed E-state index contributed by atoms with van der Waals surface area (Å²) < 4.78 is 78.1. The van der Waals surface area contributed by atoms with E-state index in [9.17, 15) is 30.8 Å². The summed E-state index contributed by atoms with van der Waals surface area (Å²) in [5, 5.41) is 2.53. The van der Waals surface area contributed by atoms with Crippen molar-refractivity contribution in [1.29, 1.82) is 0 Å². The molecular weight excluding hydrogens is 352 g/mol. The lowest BCUT2D eigenvalue weighted by Gasteiger charge is -2.36. The molecule has 0 aliphatic carbocycles. The fourth-order valence-corrected chi connectivity index (χ4v) is 4.33. The minimum atomic E-state index is -5.02. The number of amides is 1. The quantitative estimate of drug-likeness (QED) is 0.830. The average Bonchev–Trinajstić information content (AvgIpc) is 2.45. The largest absolute Gasteiger partial charge is 0.419 e. The van der Waals surface area contributed by atoms with Crippen LogP contribution in [0, 0.1) is 11.7 Å². The number of nitrogens with one attached hydrogen (secondary N) is 1. The van der Waals surface area contributed by atoms with E-state index in [1.807, 2.05) is 0 Å². The average molecular weight is 368 g/mol. The van der Waals surface area contributed by atoms with Crippen molar-refractivity contribution in [1.82, 2.24) is 9.62 Å². The van der Waals surface area contributed by atoms with Gasteiger partial charge >= 0.3 is 6.18 Å². The highest BCUT2D eigenvalue weighted by Gasteiger charge is 2.41. The van der Waals surface area contributed by atoms with Crippen molar-refractivity contribution in [2.75, 3.05) is 13.1 Å². The predicted molar refractivity (Wildman–Crippen MR) is 76.9 cm³/mol. The molecule has 1 unspecified atom stereocenters. The number of hydrogen-bond donors (Lipinski definition) is 1. The lowest BCUT2D eigenvalue weighted by molar-refractivity contribution is -0.140. The van der Waals surface area contributed by atoms with E-state index in [1.165, 1.54) is 0 Å². The highest BCUT2D eigenvalue weighted by atomic mass is 32.2. The molecule has 1 fully saturated rings. The van der Waals surface area contributed by atoms with Gasteiger partial charge in [0.25, 0.3) is 0 Å². The number of carbonyl (C=O) groups is 1. The van der Waals surface area contributed by atoms with E-state index >= 15 is 0 Å². The first-order valence-electron chi connectivity index (χ1n) is 7.12. The Morgan fingerprint density at radius 1 is 1.29 bits per heavy atom. The highest BCUT2D eigenvalue weighted by Crippen LogP contribution is 2.34. The summed E-state index contributed by atoms with van der Waals surface area (Å²) in [7, 11) is -4.38. The third-order valence-electron chi connectivity index (χ3n) is 3.69. The van der Waals surface area contributed by atoms with Crippen LogP contribution in [-0.2, 0) is 21.0 Å². The van der Waals surface area contributed by atoms with Crippen LogP contribution in [0.4, 0.5) is 17.6 Å². The molecule has 2 rings (SSSR count). The van der Waals surface area contributed by atoms with Gasteiger partial charge in [0.15, 0.2) is 0 Å². The zero-order valence-electron chi connectivity index (χ0n) is 12.9. The molecular formula is C14H16F4N2O3S. The number of rotatable bonds is 3. The number of nitrogens with zero attached hydrogens (tertiary/aromatic N) is 1. The van der Waals surface area contributed by atoms with Crippen LogP contribution < -0.4 is 5.32 Å². The maximum atomic E-state index is 13.4. The minimum absolute atomic E-state index is 0.0502. The van der Waals surface area contributed by atoms with Crippen LogP contribution >= 0.6 is 0 Å². The molecule has 0 spiro atoms. The van der Waals surface area contributed by atoms with E-state index in [2.05, 4.69) is 5.32 Å². The van der Waals surface area contributed by atoms with E-state index < -0.39 is 44.4 Å². The molecule has 10 heteroatoms. The van der Waals surface area contributed by atoms with Gasteiger partial charge in [0.05, 0.1) is 10.5 Å². The van der Waals surface area contributed by atoms with Gasteiger partial charge in [0, 0.05) is 13.1 Å². The van der Waals surface area contributed by atoms with Crippen molar-refractivity contribution < 1.29 is 30.8 Å². The van der Waals surface area contributed by atoms with Crippen LogP contribution in [0.1, 0.15) is 19.4 Å². The van der Waals surface area contributed by atoms with E-state index in [0.29, 0.717) is 6.07 Å². The van der Waals surface area contributed by atoms with Crippen LogP contribution in [-0.4, -0.2) is 37.8 Å². The molecule has 0 saturated carbocycles. The van der Waals surface area contributed by atoms with E-state index in [-0.39, 0.29) is 25.1 Å². The van der Waals surface area contributed by atoms with E-state index in [4.69, 9.17) is 0 Å². The molecule has 1 aliphatic heterocycles. The molecule has 134 valence electrons. The molecule has 5 nitrogen and oxygen atoms in total. The van der Waals surface area contributed by atoms with Gasteiger partial charge in [-0.2, -0.15) is 17.5 Å². The molecule has 0 aromatic heterocycles. The molecule has 0 bridgehead atoms. The van der Waals surface area contributed by atoms with Crippen molar-refractivity contribution in [2.24, 2.45) is 5.92 Å². The van der Waals surface area contributed by atoms with Crippen molar-refractivity contribution in [3.8, 4) is 0 Å². The summed E-state index contributed by atoms with van der Waals surface area (Å²) >= 11 is 0. The smallest absolute Gasteiger partial charge is 0.353 e. The fraction of sp³-hybridized carbons (Fsp3) is 0.500. The normalized spacial score (nSPS) is 20.3. The van der Waals surface area contributed by atoms with Crippen LogP contribution in [0.15, 0.2) is 23.1 Å². The Morgan fingerprint density at radius 2 is 1.92 bits per heavy atom. The third kappa shape index (κ3) is 3.39. The van der Waals surface area contributed by atoms with Gasteiger partial charge in [-0.3, -0.25) is 4.79 Å². The maximum Gasteiger partial charge on any atom is 0.419 e. The Labute approximate surface area is 136 Å². The van der Waals surface area contributed by atoms with Crippen LogP contribution in [0.5, 0.6) is 0 Å². The van der Waals surface area contributed by atoms with Gasteiger partial charge in [-0.1, -0.05) is 13.8 Å². The summed E-state index contributed by atoms with van der Waals surface area (Å²) in [6, 6.07) is 0.450. The van der Waals surface area contributed by atoms with Gasteiger partial charge in [-0.05, 0) is 24.1 Å². The molecule has 1 aliphatic rings. The summed E-state index contributed by atoms with van der Waals surface area (Å²) in [5.41, 5.74) is -1.66. The Balaban J connectivity index is 2.52. The zero-order chi connectivity index (χ0) is 18.3.